The lowest BCUT2D eigenvalue weighted by Gasteiger charge is -2.05. The first-order chi connectivity index (χ1) is 8.08. The van der Waals surface area contributed by atoms with E-state index in [1.54, 1.807) is 0 Å². The Bertz CT molecular complexity index is 535. The predicted molar refractivity (Wildman–Crippen MR) is 68.7 cm³/mol. The Balaban J connectivity index is 2.26. The van der Waals surface area contributed by atoms with Gasteiger partial charge in [0.2, 0.25) is 5.13 Å². The standard InChI is InChI=1S/C9H6Cl2N4OS/c10-5-1-4(2-6(11)7(5)12)8(16)14-9-15-13-3-17-9/h1-3H,12H2,(H,14,15,16). The highest BCUT2D eigenvalue weighted by molar-refractivity contribution is 7.13. The van der Waals surface area contributed by atoms with E-state index in [0.717, 1.165) is 0 Å². The number of halogens is 2. The molecule has 1 amide bonds. The van der Waals surface area contributed by atoms with Crippen molar-refractivity contribution in [2.75, 3.05) is 11.1 Å². The molecule has 0 aliphatic rings. The maximum atomic E-state index is 11.8. The van der Waals surface area contributed by atoms with Gasteiger partial charge in [-0.2, -0.15) is 0 Å². The third-order valence-corrected chi connectivity index (χ3v) is 3.15. The van der Waals surface area contributed by atoms with Crippen LogP contribution in [-0.2, 0) is 0 Å². The minimum atomic E-state index is -0.370. The molecule has 0 unspecified atom stereocenters. The van der Waals surface area contributed by atoms with E-state index in [1.165, 1.54) is 29.0 Å². The molecule has 88 valence electrons. The quantitative estimate of drug-likeness (QED) is 0.833. The molecule has 17 heavy (non-hydrogen) atoms. The zero-order valence-corrected chi connectivity index (χ0v) is 10.6. The predicted octanol–water partition coefficient (Wildman–Crippen LogP) is 2.68. The molecule has 0 fully saturated rings. The van der Waals surface area contributed by atoms with Gasteiger partial charge in [0.1, 0.15) is 5.51 Å². The number of benzene rings is 1. The van der Waals surface area contributed by atoms with E-state index in [-0.39, 0.29) is 21.6 Å². The SMILES string of the molecule is Nc1c(Cl)cc(C(=O)Nc2nncs2)cc1Cl. The molecule has 3 N–H and O–H groups in total. The molecule has 1 heterocycles. The number of nitrogens with zero attached hydrogens (tertiary/aromatic N) is 2. The molecule has 0 saturated carbocycles. The summed E-state index contributed by atoms with van der Waals surface area (Å²) in [6.07, 6.45) is 0. The Morgan fingerprint density at radius 2 is 2.00 bits per heavy atom. The third-order valence-electron chi connectivity index (χ3n) is 1.92. The van der Waals surface area contributed by atoms with Gasteiger partial charge in [0.05, 0.1) is 15.7 Å². The van der Waals surface area contributed by atoms with Crippen LogP contribution < -0.4 is 11.1 Å². The normalized spacial score (nSPS) is 10.2. The summed E-state index contributed by atoms with van der Waals surface area (Å²) in [6.45, 7) is 0. The fraction of sp³-hybridized carbons (Fsp3) is 0. The number of carbonyl (C=O) groups excluding carboxylic acids is 1. The van der Waals surface area contributed by atoms with Gasteiger partial charge in [-0.1, -0.05) is 34.5 Å². The van der Waals surface area contributed by atoms with Crippen molar-refractivity contribution < 1.29 is 4.79 Å². The van der Waals surface area contributed by atoms with E-state index in [1.807, 2.05) is 0 Å². The molecule has 0 spiro atoms. The number of anilines is 2. The van der Waals surface area contributed by atoms with Gasteiger partial charge in [0.25, 0.3) is 5.91 Å². The zero-order valence-electron chi connectivity index (χ0n) is 8.28. The number of nitrogen functional groups attached to an aromatic ring is 1. The van der Waals surface area contributed by atoms with Crippen LogP contribution in [-0.4, -0.2) is 16.1 Å². The lowest BCUT2D eigenvalue weighted by Crippen LogP contribution is -2.12. The summed E-state index contributed by atoms with van der Waals surface area (Å²) in [5.74, 6) is -0.370. The van der Waals surface area contributed by atoms with Crippen molar-refractivity contribution in [1.82, 2.24) is 10.2 Å². The van der Waals surface area contributed by atoms with Crippen LogP contribution in [0.15, 0.2) is 17.6 Å². The van der Waals surface area contributed by atoms with Crippen molar-refractivity contribution in [3.05, 3.63) is 33.3 Å². The van der Waals surface area contributed by atoms with Gasteiger partial charge in [-0.3, -0.25) is 10.1 Å². The van der Waals surface area contributed by atoms with Gasteiger partial charge < -0.3 is 5.73 Å². The second-order valence-corrected chi connectivity index (χ2v) is 4.70. The molecule has 1 aromatic heterocycles. The van der Waals surface area contributed by atoms with Crippen molar-refractivity contribution in [3.63, 3.8) is 0 Å². The topological polar surface area (TPSA) is 80.9 Å². The largest absolute Gasteiger partial charge is 0.396 e. The van der Waals surface area contributed by atoms with E-state index in [9.17, 15) is 4.79 Å². The first-order valence-corrected chi connectivity index (χ1v) is 6.03. The number of aromatic nitrogens is 2. The number of hydrogen-bond donors (Lipinski definition) is 2. The van der Waals surface area contributed by atoms with E-state index < -0.39 is 0 Å². The van der Waals surface area contributed by atoms with Gasteiger partial charge in [0, 0.05) is 5.56 Å². The molecular formula is C9H6Cl2N4OS. The van der Waals surface area contributed by atoms with Crippen LogP contribution in [0.3, 0.4) is 0 Å². The van der Waals surface area contributed by atoms with Crippen molar-refractivity contribution in [3.8, 4) is 0 Å². The fourth-order valence-corrected chi connectivity index (χ4v) is 2.04. The molecule has 8 heteroatoms. The minimum absolute atomic E-state index is 0.236. The van der Waals surface area contributed by atoms with E-state index in [4.69, 9.17) is 28.9 Å². The molecule has 0 atom stereocenters. The Morgan fingerprint density at radius 3 is 2.53 bits per heavy atom. The van der Waals surface area contributed by atoms with E-state index in [0.29, 0.717) is 10.7 Å². The molecule has 1 aromatic carbocycles. The molecule has 5 nitrogen and oxygen atoms in total. The number of nitrogens with two attached hydrogens (primary N) is 1. The first kappa shape index (κ1) is 12.1. The number of rotatable bonds is 2. The second kappa shape index (κ2) is 4.87. The lowest BCUT2D eigenvalue weighted by molar-refractivity contribution is 0.102. The summed E-state index contributed by atoms with van der Waals surface area (Å²) in [5, 5.41) is 10.7. The van der Waals surface area contributed by atoms with Gasteiger partial charge in [-0.15, -0.1) is 10.2 Å². The van der Waals surface area contributed by atoms with Crippen molar-refractivity contribution >= 4 is 51.3 Å². The Hall–Kier alpha value is -1.37. The summed E-state index contributed by atoms with van der Waals surface area (Å²) in [4.78, 5) is 11.8. The summed E-state index contributed by atoms with van der Waals surface area (Å²) < 4.78 is 0. The molecule has 0 aliphatic carbocycles. The molecule has 0 saturated heterocycles. The van der Waals surface area contributed by atoms with Crippen molar-refractivity contribution in [2.24, 2.45) is 0 Å². The number of carbonyl (C=O) groups is 1. The van der Waals surface area contributed by atoms with E-state index >= 15 is 0 Å². The van der Waals surface area contributed by atoms with Gasteiger partial charge in [-0.25, -0.2) is 0 Å². The number of amides is 1. The van der Waals surface area contributed by atoms with Crippen LogP contribution >= 0.6 is 34.5 Å². The number of nitrogens with one attached hydrogen (secondary N) is 1. The van der Waals surface area contributed by atoms with Crippen LogP contribution in [0.5, 0.6) is 0 Å². The monoisotopic (exact) mass is 288 g/mol. The number of hydrogen-bond acceptors (Lipinski definition) is 5. The maximum absolute atomic E-state index is 11.8. The average molecular weight is 289 g/mol. The van der Waals surface area contributed by atoms with Crippen molar-refractivity contribution in [2.45, 2.75) is 0 Å². The molecule has 2 rings (SSSR count). The highest BCUT2D eigenvalue weighted by Crippen LogP contribution is 2.29. The van der Waals surface area contributed by atoms with Crippen molar-refractivity contribution in [1.29, 1.82) is 0 Å². The van der Waals surface area contributed by atoms with Gasteiger partial charge in [-0.05, 0) is 12.1 Å². The summed E-state index contributed by atoms with van der Waals surface area (Å²) in [7, 11) is 0. The van der Waals surface area contributed by atoms with E-state index in [2.05, 4.69) is 15.5 Å². The molecule has 0 aliphatic heterocycles. The summed E-state index contributed by atoms with van der Waals surface area (Å²) in [5.41, 5.74) is 7.64. The fourth-order valence-electron chi connectivity index (χ4n) is 1.11. The Morgan fingerprint density at radius 1 is 1.35 bits per heavy atom. The van der Waals surface area contributed by atoms with Crippen LogP contribution in [0.25, 0.3) is 0 Å². The smallest absolute Gasteiger partial charge is 0.257 e. The van der Waals surface area contributed by atoms with Crippen LogP contribution in [0.2, 0.25) is 10.0 Å². The summed E-state index contributed by atoms with van der Waals surface area (Å²) in [6, 6.07) is 2.89. The lowest BCUT2D eigenvalue weighted by atomic mass is 10.2. The highest BCUT2D eigenvalue weighted by atomic mass is 35.5. The van der Waals surface area contributed by atoms with Crippen LogP contribution in [0.4, 0.5) is 10.8 Å². The summed E-state index contributed by atoms with van der Waals surface area (Å²) >= 11 is 12.9. The highest BCUT2D eigenvalue weighted by Gasteiger charge is 2.12. The Labute approximate surface area is 111 Å². The van der Waals surface area contributed by atoms with Gasteiger partial charge in [0.15, 0.2) is 0 Å². The van der Waals surface area contributed by atoms with Gasteiger partial charge >= 0.3 is 0 Å². The molecule has 2 aromatic rings. The molecular weight excluding hydrogens is 283 g/mol. The minimum Gasteiger partial charge on any atom is -0.396 e. The molecule has 0 bridgehead atoms. The first-order valence-electron chi connectivity index (χ1n) is 4.40. The molecule has 0 radical (unpaired) electrons. The van der Waals surface area contributed by atoms with Crippen LogP contribution in [0, 0.1) is 0 Å². The Kier molecular flexibility index (Phi) is 3.46. The second-order valence-electron chi connectivity index (χ2n) is 3.05. The van der Waals surface area contributed by atoms with Crippen LogP contribution in [0.1, 0.15) is 10.4 Å². The maximum Gasteiger partial charge on any atom is 0.257 e. The third kappa shape index (κ3) is 2.66. The average Bonchev–Trinajstić information content (AvgIpc) is 2.77. The zero-order chi connectivity index (χ0) is 12.4.